The number of nitro groups is 1. The molecule has 0 saturated heterocycles. The van der Waals surface area contributed by atoms with E-state index in [-0.39, 0.29) is 34.2 Å². The van der Waals surface area contributed by atoms with Gasteiger partial charge in [-0.25, -0.2) is 5.43 Å². The van der Waals surface area contributed by atoms with Crippen LogP contribution in [0.4, 0.5) is 11.4 Å². The molecule has 0 heterocycles. The summed E-state index contributed by atoms with van der Waals surface area (Å²) in [6.45, 7) is 0. The molecule has 2 amide bonds. The lowest BCUT2D eigenvalue weighted by atomic mass is 10.1. The number of rotatable bonds is 7. The van der Waals surface area contributed by atoms with Gasteiger partial charge in [0.05, 0.1) is 24.3 Å². The molecule has 0 aliphatic rings. The summed E-state index contributed by atoms with van der Waals surface area (Å²) in [7, 11) is 1.25. The summed E-state index contributed by atoms with van der Waals surface area (Å²) in [4.78, 5) is 34.9. The first-order chi connectivity index (χ1) is 15.8. The van der Waals surface area contributed by atoms with Crippen molar-refractivity contribution in [2.75, 3.05) is 12.4 Å². The Morgan fingerprint density at radius 3 is 2.27 bits per heavy atom. The summed E-state index contributed by atoms with van der Waals surface area (Å²) in [5.74, 6) is -1.37. The minimum atomic E-state index is -0.648. The number of hydrazone groups is 1. The van der Waals surface area contributed by atoms with Crippen molar-refractivity contribution in [3.63, 3.8) is 0 Å². The molecule has 0 saturated carbocycles. The van der Waals surface area contributed by atoms with E-state index in [1.165, 1.54) is 19.2 Å². The minimum Gasteiger partial charge on any atom is -0.504 e. The third-order valence-corrected chi connectivity index (χ3v) is 4.65. The first kappa shape index (κ1) is 23.2. The number of nitrogens with zero attached hydrogens (tertiary/aromatic N) is 2. The summed E-state index contributed by atoms with van der Waals surface area (Å²) in [5, 5.41) is 28.0. The molecule has 0 aliphatic carbocycles. The number of carbonyl (C=O) groups is 2. The van der Waals surface area contributed by atoms with Crippen molar-refractivity contribution >= 4 is 41.0 Å². The molecule has 33 heavy (non-hydrogen) atoms. The highest BCUT2D eigenvalue weighted by Gasteiger charge is 2.16. The SMILES string of the molecule is COc1cc([N+](=O)[O-])cc(/C=N/NC(=O)c2ccc(NC(=O)c3ccc(Cl)cc3)cc2)c1O. The van der Waals surface area contributed by atoms with E-state index in [0.717, 1.165) is 18.3 Å². The second-order valence-corrected chi connectivity index (χ2v) is 7.02. The maximum absolute atomic E-state index is 12.3. The van der Waals surface area contributed by atoms with Gasteiger partial charge in [-0.2, -0.15) is 5.10 Å². The van der Waals surface area contributed by atoms with Crippen LogP contribution in [0.15, 0.2) is 65.8 Å². The van der Waals surface area contributed by atoms with Gasteiger partial charge in [-0.3, -0.25) is 19.7 Å². The highest BCUT2D eigenvalue weighted by molar-refractivity contribution is 6.30. The normalized spacial score (nSPS) is 10.6. The monoisotopic (exact) mass is 468 g/mol. The first-order valence-electron chi connectivity index (χ1n) is 9.34. The van der Waals surface area contributed by atoms with Crippen LogP contribution in [0.25, 0.3) is 0 Å². The Morgan fingerprint density at radius 1 is 1.06 bits per heavy atom. The quantitative estimate of drug-likeness (QED) is 0.272. The zero-order valence-electron chi connectivity index (χ0n) is 17.1. The fourth-order valence-electron chi connectivity index (χ4n) is 2.71. The van der Waals surface area contributed by atoms with Crippen molar-refractivity contribution in [2.24, 2.45) is 5.10 Å². The number of ether oxygens (including phenoxy) is 1. The number of anilines is 1. The predicted molar refractivity (Wildman–Crippen MR) is 122 cm³/mol. The van der Waals surface area contributed by atoms with Gasteiger partial charge in [0.15, 0.2) is 11.5 Å². The first-order valence-corrected chi connectivity index (χ1v) is 9.72. The van der Waals surface area contributed by atoms with Gasteiger partial charge >= 0.3 is 0 Å². The lowest BCUT2D eigenvalue weighted by Crippen LogP contribution is -2.18. The van der Waals surface area contributed by atoms with Crippen molar-refractivity contribution in [1.29, 1.82) is 0 Å². The molecule has 0 aromatic heterocycles. The van der Waals surface area contributed by atoms with E-state index in [0.29, 0.717) is 16.3 Å². The number of non-ortho nitro benzene ring substituents is 1. The molecule has 0 unspecified atom stereocenters. The maximum Gasteiger partial charge on any atom is 0.274 e. The van der Waals surface area contributed by atoms with E-state index < -0.39 is 10.8 Å². The highest BCUT2D eigenvalue weighted by atomic mass is 35.5. The van der Waals surface area contributed by atoms with E-state index in [9.17, 15) is 24.8 Å². The molecule has 0 atom stereocenters. The van der Waals surface area contributed by atoms with Crippen LogP contribution < -0.4 is 15.5 Å². The van der Waals surface area contributed by atoms with E-state index in [4.69, 9.17) is 16.3 Å². The second kappa shape index (κ2) is 10.2. The number of phenols is 1. The number of halogens is 1. The molecule has 0 aliphatic heterocycles. The second-order valence-electron chi connectivity index (χ2n) is 6.58. The molecule has 3 N–H and O–H groups in total. The van der Waals surface area contributed by atoms with Crippen LogP contribution in [0.3, 0.4) is 0 Å². The van der Waals surface area contributed by atoms with Crippen molar-refractivity contribution in [3.8, 4) is 11.5 Å². The standard InChI is InChI=1S/C22H17ClN4O6/c1-33-19-11-18(27(31)32)10-15(20(19)28)12-24-26-22(30)14-4-8-17(9-5-14)25-21(29)13-2-6-16(23)7-3-13/h2-12,28H,1H3,(H,25,29)(H,26,30)/b24-12+. The van der Waals surface area contributed by atoms with Crippen molar-refractivity contribution in [2.45, 2.75) is 0 Å². The average molecular weight is 469 g/mol. The minimum absolute atomic E-state index is 0.0124. The Kier molecular flexibility index (Phi) is 7.21. The lowest BCUT2D eigenvalue weighted by Gasteiger charge is -2.07. The molecule has 0 radical (unpaired) electrons. The topological polar surface area (TPSA) is 143 Å². The van der Waals surface area contributed by atoms with Crippen LogP contribution in [0.2, 0.25) is 5.02 Å². The fourth-order valence-corrected chi connectivity index (χ4v) is 2.83. The Hall–Kier alpha value is -4.44. The summed E-state index contributed by atoms with van der Waals surface area (Å²) >= 11 is 5.81. The van der Waals surface area contributed by atoms with Gasteiger partial charge in [-0.1, -0.05) is 11.6 Å². The Labute approximate surface area is 192 Å². The van der Waals surface area contributed by atoms with Gasteiger partial charge in [-0.05, 0) is 48.5 Å². The smallest absolute Gasteiger partial charge is 0.274 e. The summed E-state index contributed by atoms with van der Waals surface area (Å²) < 4.78 is 4.91. The number of aromatic hydroxyl groups is 1. The van der Waals surface area contributed by atoms with Gasteiger partial charge in [0.2, 0.25) is 0 Å². The van der Waals surface area contributed by atoms with Crippen molar-refractivity contribution < 1.29 is 24.4 Å². The molecule has 0 fully saturated rings. The zero-order valence-corrected chi connectivity index (χ0v) is 17.9. The molecular formula is C22H17ClN4O6. The lowest BCUT2D eigenvalue weighted by molar-refractivity contribution is -0.385. The van der Waals surface area contributed by atoms with Gasteiger partial charge in [0.1, 0.15) is 0 Å². The Morgan fingerprint density at radius 2 is 1.67 bits per heavy atom. The number of hydrogen-bond donors (Lipinski definition) is 3. The van der Waals surface area contributed by atoms with Crippen LogP contribution in [-0.4, -0.2) is 35.2 Å². The number of phenolic OH excluding ortho intramolecular Hbond substituents is 1. The van der Waals surface area contributed by atoms with Crippen LogP contribution in [0, 0.1) is 10.1 Å². The van der Waals surface area contributed by atoms with Gasteiger partial charge < -0.3 is 15.2 Å². The molecule has 3 rings (SSSR count). The Balaban J connectivity index is 1.65. The summed E-state index contributed by atoms with van der Waals surface area (Å²) in [6, 6.07) is 14.6. The van der Waals surface area contributed by atoms with Crippen LogP contribution in [-0.2, 0) is 0 Å². The number of carbonyl (C=O) groups excluding carboxylic acids is 2. The van der Waals surface area contributed by atoms with E-state index in [1.807, 2.05) is 0 Å². The van der Waals surface area contributed by atoms with Crippen molar-refractivity contribution in [1.82, 2.24) is 5.43 Å². The maximum atomic E-state index is 12.3. The van der Waals surface area contributed by atoms with E-state index in [2.05, 4.69) is 15.8 Å². The highest BCUT2D eigenvalue weighted by Crippen LogP contribution is 2.33. The van der Waals surface area contributed by atoms with Gasteiger partial charge in [-0.15, -0.1) is 0 Å². The number of benzene rings is 3. The van der Waals surface area contributed by atoms with Gasteiger partial charge in [0.25, 0.3) is 17.5 Å². The van der Waals surface area contributed by atoms with Gasteiger partial charge in [0, 0.05) is 33.5 Å². The molecule has 10 nitrogen and oxygen atoms in total. The molecular weight excluding hydrogens is 452 g/mol. The Bertz CT molecular complexity index is 1230. The molecule has 168 valence electrons. The number of methoxy groups -OCH3 is 1. The largest absolute Gasteiger partial charge is 0.504 e. The van der Waals surface area contributed by atoms with Crippen LogP contribution in [0.1, 0.15) is 26.3 Å². The summed E-state index contributed by atoms with van der Waals surface area (Å²) in [5.41, 5.74) is 3.09. The third kappa shape index (κ3) is 5.83. The third-order valence-electron chi connectivity index (χ3n) is 4.40. The van der Waals surface area contributed by atoms with E-state index >= 15 is 0 Å². The van der Waals surface area contributed by atoms with Crippen LogP contribution in [0.5, 0.6) is 11.5 Å². The molecule has 11 heteroatoms. The fraction of sp³-hybridized carbons (Fsp3) is 0.0455. The number of amides is 2. The summed E-state index contributed by atoms with van der Waals surface area (Å²) in [6.07, 6.45) is 1.06. The molecule has 3 aromatic rings. The average Bonchev–Trinajstić information content (AvgIpc) is 2.80. The zero-order chi connectivity index (χ0) is 24.0. The predicted octanol–water partition coefficient (Wildman–Crippen LogP) is 3.98. The molecule has 0 spiro atoms. The van der Waals surface area contributed by atoms with E-state index in [1.54, 1.807) is 36.4 Å². The molecule has 0 bridgehead atoms. The van der Waals surface area contributed by atoms with Crippen molar-refractivity contribution in [3.05, 3.63) is 92.5 Å². The van der Waals surface area contributed by atoms with Crippen LogP contribution >= 0.6 is 11.6 Å². The number of nitro benzene ring substituents is 1. The molecule has 3 aromatic carbocycles. The number of hydrogen-bond acceptors (Lipinski definition) is 7. The number of nitrogens with one attached hydrogen (secondary N) is 2.